The number of furan rings is 1. The topological polar surface area (TPSA) is 115 Å². The van der Waals surface area contributed by atoms with Crippen LogP contribution >= 0.6 is 0 Å². The smallest absolute Gasteiger partial charge is 0.291 e. The van der Waals surface area contributed by atoms with Gasteiger partial charge in [0.2, 0.25) is 0 Å². The molecule has 2 aromatic heterocycles. The largest absolute Gasteiger partial charge is 0.497 e. The molecule has 9 heteroatoms. The molecule has 0 spiro atoms. The Bertz CT molecular complexity index is 1220. The first-order chi connectivity index (χ1) is 16.0. The van der Waals surface area contributed by atoms with E-state index in [2.05, 4.69) is 20.8 Å². The van der Waals surface area contributed by atoms with E-state index in [1.165, 1.54) is 7.11 Å². The molecule has 1 aliphatic carbocycles. The maximum absolute atomic E-state index is 13.1. The lowest BCUT2D eigenvalue weighted by molar-refractivity contribution is 0.0948. The molecule has 0 radical (unpaired) electrons. The van der Waals surface area contributed by atoms with E-state index in [1.54, 1.807) is 49.7 Å². The van der Waals surface area contributed by atoms with Gasteiger partial charge in [0.25, 0.3) is 11.8 Å². The van der Waals surface area contributed by atoms with Crippen LogP contribution in [-0.2, 0) is 6.42 Å². The molecule has 4 rings (SSSR count). The van der Waals surface area contributed by atoms with Crippen molar-refractivity contribution in [1.29, 1.82) is 0 Å². The number of ether oxygens (including phenoxy) is 2. The zero-order valence-electron chi connectivity index (χ0n) is 18.6. The van der Waals surface area contributed by atoms with Crippen molar-refractivity contribution in [3.63, 3.8) is 0 Å². The number of nitrogens with zero attached hydrogens (tertiary/aromatic N) is 2. The molecule has 2 N–H and O–H groups in total. The highest BCUT2D eigenvalue weighted by Gasteiger charge is 2.28. The van der Waals surface area contributed by atoms with Crippen molar-refractivity contribution in [3.05, 3.63) is 70.9 Å². The van der Waals surface area contributed by atoms with Crippen LogP contribution in [-0.4, -0.2) is 36.7 Å². The fourth-order valence-electron chi connectivity index (χ4n) is 3.76. The van der Waals surface area contributed by atoms with Gasteiger partial charge in [0, 0.05) is 29.8 Å². The van der Waals surface area contributed by atoms with Crippen molar-refractivity contribution < 1.29 is 23.5 Å². The number of anilines is 1. The van der Waals surface area contributed by atoms with Crippen LogP contribution in [0.1, 0.15) is 50.8 Å². The van der Waals surface area contributed by atoms with Crippen molar-refractivity contribution >= 4 is 23.2 Å². The molecule has 0 saturated heterocycles. The van der Waals surface area contributed by atoms with Gasteiger partial charge in [-0.15, -0.1) is 0 Å². The molecule has 170 valence electrons. The Balaban J connectivity index is 1.59. The molecule has 0 unspecified atom stereocenters. The number of hydrazone groups is 1. The SMILES string of the molecule is COc1ccc(OC)c(NC(=O)c2oc3c(c2C)/C(=N/NC(=O)c2ccccn2)CCC3)c1. The van der Waals surface area contributed by atoms with Gasteiger partial charge in [0.05, 0.1) is 25.6 Å². The lowest BCUT2D eigenvalue weighted by atomic mass is 9.93. The molecule has 1 aromatic carbocycles. The highest BCUT2D eigenvalue weighted by Crippen LogP contribution is 2.32. The number of aromatic nitrogens is 1. The van der Waals surface area contributed by atoms with Gasteiger partial charge in [-0.25, -0.2) is 5.43 Å². The van der Waals surface area contributed by atoms with Crippen molar-refractivity contribution in [3.8, 4) is 11.5 Å². The second-order valence-electron chi connectivity index (χ2n) is 7.44. The third kappa shape index (κ3) is 4.57. The summed E-state index contributed by atoms with van der Waals surface area (Å²) < 4.78 is 16.5. The number of fused-ring (bicyclic) bond motifs is 1. The summed E-state index contributed by atoms with van der Waals surface area (Å²) in [7, 11) is 3.07. The average molecular weight is 448 g/mol. The maximum atomic E-state index is 13.1. The second kappa shape index (κ2) is 9.56. The van der Waals surface area contributed by atoms with E-state index in [1.807, 2.05) is 6.92 Å². The molecule has 0 aliphatic heterocycles. The van der Waals surface area contributed by atoms with Gasteiger partial charge < -0.3 is 19.2 Å². The number of benzene rings is 1. The third-order valence-electron chi connectivity index (χ3n) is 5.38. The summed E-state index contributed by atoms with van der Waals surface area (Å²) >= 11 is 0. The quantitative estimate of drug-likeness (QED) is 0.556. The van der Waals surface area contributed by atoms with Gasteiger partial charge in [-0.1, -0.05) is 6.07 Å². The van der Waals surface area contributed by atoms with Gasteiger partial charge in [-0.2, -0.15) is 5.10 Å². The van der Waals surface area contributed by atoms with E-state index in [-0.39, 0.29) is 11.5 Å². The van der Waals surface area contributed by atoms with Crippen LogP contribution in [0.25, 0.3) is 0 Å². The number of aryl methyl sites for hydroxylation is 1. The minimum atomic E-state index is -0.412. The first-order valence-corrected chi connectivity index (χ1v) is 10.5. The summed E-state index contributed by atoms with van der Waals surface area (Å²) in [5.74, 6) is 1.13. The lowest BCUT2D eigenvalue weighted by Crippen LogP contribution is -2.22. The Hall–Kier alpha value is -4.14. The minimum Gasteiger partial charge on any atom is -0.497 e. The van der Waals surface area contributed by atoms with Gasteiger partial charge >= 0.3 is 0 Å². The number of pyridine rings is 1. The number of methoxy groups -OCH3 is 2. The number of rotatable bonds is 6. The predicted molar refractivity (Wildman–Crippen MR) is 122 cm³/mol. The van der Waals surface area contributed by atoms with E-state index in [4.69, 9.17) is 13.9 Å². The van der Waals surface area contributed by atoms with Crippen molar-refractivity contribution in [2.75, 3.05) is 19.5 Å². The first-order valence-electron chi connectivity index (χ1n) is 10.5. The highest BCUT2D eigenvalue weighted by molar-refractivity contribution is 6.10. The zero-order valence-corrected chi connectivity index (χ0v) is 18.6. The molecule has 3 aromatic rings. The first kappa shape index (κ1) is 22.1. The van der Waals surface area contributed by atoms with Crippen LogP contribution in [0.5, 0.6) is 11.5 Å². The molecule has 1 aliphatic rings. The second-order valence-corrected chi connectivity index (χ2v) is 7.44. The van der Waals surface area contributed by atoms with E-state index in [0.717, 1.165) is 12.0 Å². The molecule has 2 heterocycles. The summed E-state index contributed by atoms with van der Waals surface area (Å²) in [5.41, 5.74) is 5.38. The summed E-state index contributed by atoms with van der Waals surface area (Å²) in [6.45, 7) is 1.81. The molecule has 0 saturated carbocycles. The standard InChI is InChI=1S/C24H24N4O5/c1-14-21-16(27-28-23(29)17-7-4-5-12-25-17)8-6-9-20(21)33-22(14)24(30)26-18-13-15(31-2)10-11-19(18)32-3/h4-5,7,10-13H,6,8-9H2,1-3H3,(H,26,30)(H,28,29)/b27-16+. The van der Waals surface area contributed by atoms with Gasteiger partial charge in [0.15, 0.2) is 5.76 Å². The number of hydrogen-bond acceptors (Lipinski definition) is 7. The van der Waals surface area contributed by atoms with Crippen molar-refractivity contribution in [1.82, 2.24) is 10.4 Å². The van der Waals surface area contributed by atoms with Gasteiger partial charge in [0.1, 0.15) is 23.0 Å². The van der Waals surface area contributed by atoms with E-state index < -0.39 is 11.8 Å². The van der Waals surface area contributed by atoms with Crippen molar-refractivity contribution in [2.45, 2.75) is 26.2 Å². The normalized spacial score (nSPS) is 13.8. The van der Waals surface area contributed by atoms with Crippen LogP contribution in [0.2, 0.25) is 0 Å². The summed E-state index contributed by atoms with van der Waals surface area (Å²) in [4.78, 5) is 29.4. The molecular formula is C24H24N4O5. The van der Waals surface area contributed by atoms with Crippen LogP contribution in [0, 0.1) is 6.92 Å². The Morgan fingerprint density at radius 1 is 1.09 bits per heavy atom. The number of amides is 2. The number of hydrogen-bond donors (Lipinski definition) is 2. The number of nitrogens with one attached hydrogen (secondary N) is 2. The van der Waals surface area contributed by atoms with E-state index in [9.17, 15) is 9.59 Å². The molecule has 0 atom stereocenters. The molecular weight excluding hydrogens is 424 g/mol. The van der Waals surface area contributed by atoms with Crippen molar-refractivity contribution in [2.24, 2.45) is 5.10 Å². The summed E-state index contributed by atoms with van der Waals surface area (Å²) in [5, 5.41) is 7.15. The number of carbonyl (C=O) groups is 2. The van der Waals surface area contributed by atoms with E-state index in [0.29, 0.717) is 47.1 Å². The molecule has 33 heavy (non-hydrogen) atoms. The Morgan fingerprint density at radius 2 is 1.94 bits per heavy atom. The Labute approximate surface area is 190 Å². The summed E-state index contributed by atoms with van der Waals surface area (Å²) in [6, 6.07) is 10.2. The Morgan fingerprint density at radius 3 is 2.67 bits per heavy atom. The third-order valence-corrected chi connectivity index (χ3v) is 5.38. The van der Waals surface area contributed by atoms with Gasteiger partial charge in [-0.05, 0) is 44.0 Å². The minimum absolute atomic E-state index is 0.190. The molecule has 0 fully saturated rings. The maximum Gasteiger partial charge on any atom is 0.291 e. The average Bonchev–Trinajstić information content (AvgIpc) is 3.20. The van der Waals surface area contributed by atoms with Crippen LogP contribution in [0.3, 0.4) is 0 Å². The molecule has 2 amide bonds. The highest BCUT2D eigenvalue weighted by atomic mass is 16.5. The predicted octanol–water partition coefficient (Wildman–Crippen LogP) is 3.72. The molecule has 9 nitrogen and oxygen atoms in total. The monoisotopic (exact) mass is 448 g/mol. The summed E-state index contributed by atoms with van der Waals surface area (Å²) in [6.07, 6.45) is 3.67. The molecule has 0 bridgehead atoms. The number of carbonyl (C=O) groups excluding carboxylic acids is 2. The zero-order chi connectivity index (χ0) is 23.4. The van der Waals surface area contributed by atoms with Crippen LogP contribution in [0.4, 0.5) is 5.69 Å². The fourth-order valence-corrected chi connectivity index (χ4v) is 3.76. The fraction of sp³-hybridized carbons (Fsp3) is 0.250. The lowest BCUT2D eigenvalue weighted by Gasteiger charge is -2.13. The van der Waals surface area contributed by atoms with E-state index >= 15 is 0 Å². The van der Waals surface area contributed by atoms with Crippen LogP contribution < -0.4 is 20.2 Å². The van der Waals surface area contributed by atoms with Crippen LogP contribution in [0.15, 0.2) is 52.1 Å². The Kier molecular flexibility index (Phi) is 6.39. The van der Waals surface area contributed by atoms with Gasteiger partial charge in [-0.3, -0.25) is 14.6 Å².